The molecule has 0 spiro atoms. The molecule has 4 nitrogen and oxygen atoms in total. The van der Waals surface area contributed by atoms with Gasteiger partial charge in [-0.2, -0.15) is 0 Å². The van der Waals surface area contributed by atoms with Crippen molar-refractivity contribution in [1.29, 1.82) is 0 Å². The lowest BCUT2D eigenvalue weighted by Gasteiger charge is -2.12. The predicted molar refractivity (Wildman–Crippen MR) is 111 cm³/mol. The van der Waals surface area contributed by atoms with Crippen molar-refractivity contribution in [3.8, 4) is 17.1 Å². The Kier molecular flexibility index (Phi) is 4.84. The first-order valence-electron chi connectivity index (χ1n) is 8.28. The van der Waals surface area contributed by atoms with E-state index in [1.807, 2.05) is 60.7 Å². The summed E-state index contributed by atoms with van der Waals surface area (Å²) < 4.78 is 5.21. The quantitative estimate of drug-likeness (QED) is 0.436. The molecule has 0 saturated heterocycles. The minimum absolute atomic E-state index is 0.521. The number of fused-ring (bicyclic) bond motifs is 1. The smallest absolute Gasteiger partial charge is 0.163 e. The van der Waals surface area contributed by atoms with Crippen molar-refractivity contribution in [3.05, 3.63) is 76.8 Å². The van der Waals surface area contributed by atoms with Crippen LogP contribution in [0.2, 0.25) is 10.0 Å². The fourth-order valence-electron chi connectivity index (χ4n) is 2.82. The molecule has 0 bridgehead atoms. The molecule has 27 heavy (non-hydrogen) atoms. The zero-order chi connectivity index (χ0) is 18.8. The summed E-state index contributed by atoms with van der Waals surface area (Å²) in [5, 5.41) is 5.36. The van der Waals surface area contributed by atoms with E-state index in [9.17, 15) is 0 Å². The van der Waals surface area contributed by atoms with Crippen LogP contribution in [0.5, 0.6) is 5.75 Å². The average molecular weight is 396 g/mol. The van der Waals surface area contributed by atoms with Gasteiger partial charge in [0.1, 0.15) is 11.6 Å². The maximum Gasteiger partial charge on any atom is 0.163 e. The van der Waals surface area contributed by atoms with Gasteiger partial charge in [-0.1, -0.05) is 47.5 Å². The zero-order valence-electron chi connectivity index (χ0n) is 14.4. The lowest BCUT2D eigenvalue weighted by Crippen LogP contribution is -2.00. The van der Waals surface area contributed by atoms with Crippen LogP contribution < -0.4 is 10.1 Å². The Morgan fingerprint density at radius 2 is 1.63 bits per heavy atom. The minimum Gasteiger partial charge on any atom is -0.495 e. The molecule has 0 fully saturated rings. The van der Waals surface area contributed by atoms with E-state index < -0.39 is 0 Å². The molecular formula is C21H15Cl2N3O. The fourth-order valence-corrected chi connectivity index (χ4v) is 3.29. The Balaban J connectivity index is 1.84. The van der Waals surface area contributed by atoms with Gasteiger partial charge in [0.2, 0.25) is 0 Å². The Hall–Kier alpha value is -2.82. The Morgan fingerprint density at radius 3 is 2.41 bits per heavy atom. The molecular weight excluding hydrogens is 381 g/mol. The number of anilines is 2. The van der Waals surface area contributed by atoms with Gasteiger partial charge in [-0.25, -0.2) is 9.97 Å². The maximum atomic E-state index is 6.34. The van der Waals surface area contributed by atoms with E-state index in [1.54, 1.807) is 13.2 Å². The zero-order valence-corrected chi connectivity index (χ0v) is 15.9. The second-order valence-electron chi connectivity index (χ2n) is 5.87. The van der Waals surface area contributed by atoms with Crippen LogP contribution in [-0.2, 0) is 0 Å². The van der Waals surface area contributed by atoms with Crippen molar-refractivity contribution in [1.82, 2.24) is 9.97 Å². The van der Waals surface area contributed by atoms with Gasteiger partial charge < -0.3 is 10.1 Å². The number of aromatic nitrogens is 2. The molecule has 0 atom stereocenters. The summed E-state index contributed by atoms with van der Waals surface area (Å²) in [6, 6.07) is 20.8. The summed E-state index contributed by atoms with van der Waals surface area (Å²) in [5.74, 6) is 1.85. The number of nitrogens with zero attached hydrogens (tertiary/aromatic N) is 2. The van der Waals surface area contributed by atoms with Crippen LogP contribution in [-0.4, -0.2) is 17.1 Å². The number of benzene rings is 3. The number of para-hydroxylation sites is 1. The average Bonchev–Trinajstić information content (AvgIpc) is 2.68. The van der Waals surface area contributed by atoms with Crippen LogP contribution in [0.1, 0.15) is 0 Å². The summed E-state index contributed by atoms with van der Waals surface area (Å²) in [7, 11) is 1.59. The molecule has 4 rings (SSSR count). The van der Waals surface area contributed by atoms with Crippen LogP contribution in [0.15, 0.2) is 66.7 Å². The highest BCUT2D eigenvalue weighted by molar-refractivity contribution is 6.33. The molecule has 6 heteroatoms. The molecule has 0 aliphatic heterocycles. The van der Waals surface area contributed by atoms with Crippen LogP contribution in [0.4, 0.5) is 11.5 Å². The van der Waals surface area contributed by atoms with Gasteiger partial charge in [0.25, 0.3) is 0 Å². The second-order valence-corrected chi connectivity index (χ2v) is 6.68. The number of ether oxygens (including phenoxy) is 1. The standard InChI is InChI=1S/C21H15Cl2N3O/c1-27-19-11-10-13(12-17(19)23)24-21-15-7-3-5-9-18(15)25-20(26-21)14-6-2-4-8-16(14)22/h2-12H,1H3,(H,24,25,26). The maximum absolute atomic E-state index is 6.34. The number of halogens is 2. The molecule has 1 N–H and O–H groups in total. The third-order valence-electron chi connectivity index (χ3n) is 4.13. The van der Waals surface area contributed by atoms with E-state index >= 15 is 0 Å². The first-order chi connectivity index (χ1) is 13.2. The van der Waals surface area contributed by atoms with Gasteiger partial charge in [-0.05, 0) is 42.5 Å². The molecule has 3 aromatic carbocycles. The third kappa shape index (κ3) is 3.54. The van der Waals surface area contributed by atoms with Gasteiger partial charge in [-0.3, -0.25) is 0 Å². The lowest BCUT2D eigenvalue weighted by molar-refractivity contribution is 0.415. The second kappa shape index (κ2) is 7.43. The summed E-state index contributed by atoms with van der Waals surface area (Å²) in [5.41, 5.74) is 2.40. The largest absolute Gasteiger partial charge is 0.495 e. The Morgan fingerprint density at radius 1 is 0.852 bits per heavy atom. The van der Waals surface area contributed by atoms with Crippen LogP contribution >= 0.6 is 23.2 Å². The summed E-state index contributed by atoms with van der Waals surface area (Å²) in [6.45, 7) is 0. The van der Waals surface area contributed by atoms with E-state index in [1.165, 1.54) is 0 Å². The summed E-state index contributed by atoms with van der Waals surface area (Å²) in [6.07, 6.45) is 0. The SMILES string of the molecule is COc1ccc(Nc2nc(-c3ccccc3Cl)nc3ccccc23)cc1Cl. The highest BCUT2D eigenvalue weighted by atomic mass is 35.5. The van der Waals surface area contributed by atoms with Crippen LogP contribution in [0, 0.1) is 0 Å². The van der Waals surface area contributed by atoms with E-state index in [-0.39, 0.29) is 0 Å². The molecule has 0 unspecified atom stereocenters. The van der Waals surface area contributed by atoms with Crippen LogP contribution in [0.3, 0.4) is 0 Å². The molecule has 0 radical (unpaired) electrons. The molecule has 0 saturated carbocycles. The molecule has 4 aromatic rings. The van der Waals surface area contributed by atoms with E-state index in [4.69, 9.17) is 32.9 Å². The number of nitrogens with one attached hydrogen (secondary N) is 1. The first kappa shape index (κ1) is 17.6. The fraction of sp³-hybridized carbons (Fsp3) is 0.0476. The highest BCUT2D eigenvalue weighted by Gasteiger charge is 2.12. The number of rotatable bonds is 4. The van der Waals surface area contributed by atoms with E-state index in [0.29, 0.717) is 27.4 Å². The monoisotopic (exact) mass is 395 g/mol. The lowest BCUT2D eigenvalue weighted by atomic mass is 10.1. The van der Waals surface area contributed by atoms with Crippen molar-refractivity contribution in [2.45, 2.75) is 0 Å². The Labute approximate surface area is 166 Å². The van der Waals surface area contributed by atoms with Gasteiger partial charge >= 0.3 is 0 Å². The van der Waals surface area contributed by atoms with Crippen molar-refractivity contribution in [3.63, 3.8) is 0 Å². The topological polar surface area (TPSA) is 47.0 Å². The van der Waals surface area contributed by atoms with E-state index in [0.717, 1.165) is 22.2 Å². The van der Waals surface area contributed by atoms with Crippen LogP contribution in [0.25, 0.3) is 22.3 Å². The van der Waals surface area contributed by atoms with Gasteiger partial charge in [-0.15, -0.1) is 0 Å². The number of methoxy groups -OCH3 is 1. The minimum atomic E-state index is 0.521. The molecule has 1 heterocycles. The summed E-state index contributed by atoms with van der Waals surface area (Å²) >= 11 is 12.6. The number of hydrogen-bond donors (Lipinski definition) is 1. The summed E-state index contributed by atoms with van der Waals surface area (Å²) in [4.78, 5) is 9.39. The molecule has 0 aliphatic rings. The molecule has 0 aliphatic carbocycles. The van der Waals surface area contributed by atoms with E-state index in [2.05, 4.69) is 10.3 Å². The molecule has 134 valence electrons. The van der Waals surface area contributed by atoms with Crippen molar-refractivity contribution >= 4 is 45.6 Å². The predicted octanol–water partition coefficient (Wildman–Crippen LogP) is 6.36. The van der Waals surface area contributed by atoms with Gasteiger partial charge in [0, 0.05) is 16.6 Å². The van der Waals surface area contributed by atoms with Gasteiger partial charge in [0.15, 0.2) is 5.82 Å². The Bertz CT molecular complexity index is 1130. The third-order valence-corrected chi connectivity index (χ3v) is 4.76. The first-order valence-corrected chi connectivity index (χ1v) is 9.03. The van der Waals surface area contributed by atoms with Crippen molar-refractivity contribution in [2.75, 3.05) is 12.4 Å². The highest BCUT2D eigenvalue weighted by Crippen LogP contribution is 2.32. The normalized spacial score (nSPS) is 10.8. The van der Waals surface area contributed by atoms with Crippen molar-refractivity contribution in [2.24, 2.45) is 0 Å². The molecule has 1 aromatic heterocycles. The number of hydrogen-bond acceptors (Lipinski definition) is 4. The molecule has 0 amide bonds. The van der Waals surface area contributed by atoms with Crippen molar-refractivity contribution < 1.29 is 4.74 Å². The van der Waals surface area contributed by atoms with Gasteiger partial charge in [0.05, 0.1) is 22.7 Å².